The first kappa shape index (κ1) is 8.13. The SMILES string of the molecule is CC1(c2nnc(CCN)s2)CC1. The molecule has 12 heavy (non-hydrogen) atoms. The van der Waals surface area contributed by atoms with Gasteiger partial charge in [0, 0.05) is 11.8 Å². The number of hydrogen-bond acceptors (Lipinski definition) is 4. The van der Waals surface area contributed by atoms with E-state index in [2.05, 4.69) is 17.1 Å². The van der Waals surface area contributed by atoms with Gasteiger partial charge in [-0.1, -0.05) is 6.92 Å². The fourth-order valence-electron chi connectivity index (χ4n) is 1.12. The minimum atomic E-state index is 0.366. The Balaban J connectivity index is 2.13. The van der Waals surface area contributed by atoms with Gasteiger partial charge in [-0.15, -0.1) is 21.5 Å². The third-order valence-corrected chi connectivity index (χ3v) is 3.63. The maximum Gasteiger partial charge on any atom is 0.123 e. The molecule has 0 radical (unpaired) electrons. The van der Waals surface area contributed by atoms with Crippen molar-refractivity contribution >= 4 is 11.3 Å². The molecule has 1 fully saturated rings. The Hall–Kier alpha value is -0.480. The Morgan fingerprint density at radius 2 is 2.25 bits per heavy atom. The molecule has 2 N–H and O–H groups in total. The van der Waals surface area contributed by atoms with E-state index in [1.165, 1.54) is 17.8 Å². The van der Waals surface area contributed by atoms with Crippen LogP contribution in [0.2, 0.25) is 0 Å². The molecule has 4 heteroatoms. The zero-order chi connectivity index (χ0) is 8.60. The highest BCUT2D eigenvalue weighted by Crippen LogP contribution is 2.48. The summed E-state index contributed by atoms with van der Waals surface area (Å²) in [5, 5.41) is 10.6. The predicted octanol–water partition coefficient (Wildman–Crippen LogP) is 1.09. The lowest BCUT2D eigenvalue weighted by molar-refractivity contribution is 0.753. The normalized spacial score (nSPS) is 19.5. The maximum atomic E-state index is 5.43. The summed E-state index contributed by atoms with van der Waals surface area (Å²) in [5.41, 5.74) is 5.80. The average Bonchev–Trinajstić information content (AvgIpc) is 2.64. The van der Waals surface area contributed by atoms with Crippen molar-refractivity contribution in [2.24, 2.45) is 5.73 Å². The van der Waals surface area contributed by atoms with Gasteiger partial charge in [-0.3, -0.25) is 0 Å². The van der Waals surface area contributed by atoms with Crippen LogP contribution in [-0.2, 0) is 11.8 Å². The number of hydrogen-bond donors (Lipinski definition) is 1. The van der Waals surface area contributed by atoms with E-state index in [1.54, 1.807) is 11.3 Å². The van der Waals surface area contributed by atoms with Crippen LogP contribution in [0.25, 0.3) is 0 Å². The van der Waals surface area contributed by atoms with Crippen molar-refractivity contribution in [1.29, 1.82) is 0 Å². The van der Waals surface area contributed by atoms with Crippen molar-refractivity contribution in [2.75, 3.05) is 6.54 Å². The molecule has 1 saturated carbocycles. The van der Waals surface area contributed by atoms with Crippen molar-refractivity contribution in [2.45, 2.75) is 31.6 Å². The molecule has 0 unspecified atom stereocenters. The second kappa shape index (κ2) is 2.78. The molecule has 0 atom stereocenters. The van der Waals surface area contributed by atoms with E-state index in [-0.39, 0.29) is 0 Å². The molecule has 0 amide bonds. The van der Waals surface area contributed by atoms with Crippen LogP contribution >= 0.6 is 11.3 Å². The summed E-state index contributed by atoms with van der Waals surface area (Å²) in [4.78, 5) is 0. The van der Waals surface area contributed by atoms with E-state index in [9.17, 15) is 0 Å². The van der Waals surface area contributed by atoms with Gasteiger partial charge in [0.2, 0.25) is 0 Å². The fourth-order valence-corrected chi connectivity index (χ4v) is 2.18. The van der Waals surface area contributed by atoms with Crippen LogP contribution in [0.1, 0.15) is 29.8 Å². The molecular weight excluding hydrogens is 170 g/mol. The van der Waals surface area contributed by atoms with Crippen molar-refractivity contribution in [3.05, 3.63) is 10.0 Å². The Kier molecular flexibility index (Phi) is 1.88. The third-order valence-electron chi connectivity index (χ3n) is 2.34. The number of aromatic nitrogens is 2. The fraction of sp³-hybridized carbons (Fsp3) is 0.750. The van der Waals surface area contributed by atoms with Crippen LogP contribution in [0.4, 0.5) is 0 Å². The highest BCUT2D eigenvalue weighted by atomic mass is 32.1. The first-order chi connectivity index (χ1) is 5.74. The second-order valence-corrected chi connectivity index (χ2v) is 4.66. The van der Waals surface area contributed by atoms with Crippen LogP contribution in [0, 0.1) is 0 Å². The van der Waals surface area contributed by atoms with Gasteiger partial charge in [0.15, 0.2) is 0 Å². The summed E-state index contributed by atoms with van der Waals surface area (Å²) in [6.45, 7) is 2.92. The average molecular weight is 183 g/mol. The lowest BCUT2D eigenvalue weighted by atomic mass is 10.2. The van der Waals surface area contributed by atoms with Gasteiger partial charge in [-0.25, -0.2) is 0 Å². The molecule has 2 rings (SSSR count). The maximum absolute atomic E-state index is 5.43. The summed E-state index contributed by atoms with van der Waals surface area (Å²) in [7, 11) is 0. The molecule has 3 nitrogen and oxygen atoms in total. The van der Waals surface area contributed by atoms with Gasteiger partial charge in [-0.2, -0.15) is 0 Å². The van der Waals surface area contributed by atoms with E-state index in [4.69, 9.17) is 5.73 Å². The summed E-state index contributed by atoms with van der Waals surface area (Å²) >= 11 is 1.72. The van der Waals surface area contributed by atoms with Gasteiger partial charge in [-0.05, 0) is 19.4 Å². The van der Waals surface area contributed by atoms with E-state index in [0.717, 1.165) is 11.4 Å². The van der Waals surface area contributed by atoms with Gasteiger partial charge in [0.05, 0.1) is 0 Å². The molecule has 1 aromatic rings. The Bertz CT molecular complexity index is 278. The molecule has 1 aromatic heterocycles. The first-order valence-corrected chi connectivity index (χ1v) is 5.09. The first-order valence-electron chi connectivity index (χ1n) is 4.27. The minimum absolute atomic E-state index is 0.366. The lowest BCUT2D eigenvalue weighted by Crippen LogP contribution is -2.01. The molecule has 66 valence electrons. The Morgan fingerprint density at radius 1 is 1.50 bits per heavy atom. The van der Waals surface area contributed by atoms with E-state index in [0.29, 0.717) is 12.0 Å². The molecule has 0 aromatic carbocycles. The van der Waals surface area contributed by atoms with Gasteiger partial charge < -0.3 is 5.73 Å². The Labute approximate surface area is 76.0 Å². The van der Waals surface area contributed by atoms with Crippen LogP contribution < -0.4 is 5.73 Å². The van der Waals surface area contributed by atoms with Gasteiger partial charge in [0.1, 0.15) is 10.0 Å². The molecule has 1 aliphatic carbocycles. The van der Waals surface area contributed by atoms with Crippen molar-refractivity contribution in [3.63, 3.8) is 0 Å². The van der Waals surface area contributed by atoms with Crippen LogP contribution in [-0.4, -0.2) is 16.7 Å². The molecule has 0 aliphatic heterocycles. The number of nitrogens with two attached hydrogens (primary N) is 1. The monoisotopic (exact) mass is 183 g/mol. The number of rotatable bonds is 3. The zero-order valence-corrected chi connectivity index (χ0v) is 8.02. The highest BCUT2D eigenvalue weighted by molar-refractivity contribution is 7.11. The van der Waals surface area contributed by atoms with Crippen LogP contribution in [0.5, 0.6) is 0 Å². The van der Waals surface area contributed by atoms with Crippen LogP contribution in [0.3, 0.4) is 0 Å². The third kappa shape index (κ3) is 1.36. The molecule has 1 aliphatic rings. The second-order valence-electron chi connectivity index (χ2n) is 3.60. The van der Waals surface area contributed by atoms with Crippen LogP contribution in [0.15, 0.2) is 0 Å². The number of nitrogens with zero attached hydrogens (tertiary/aromatic N) is 2. The molecular formula is C8H13N3S. The molecule has 1 heterocycles. The summed E-state index contributed by atoms with van der Waals surface area (Å²) < 4.78 is 0. The predicted molar refractivity (Wildman–Crippen MR) is 49.3 cm³/mol. The molecule has 0 saturated heterocycles. The highest BCUT2D eigenvalue weighted by Gasteiger charge is 2.42. The zero-order valence-electron chi connectivity index (χ0n) is 7.21. The summed E-state index contributed by atoms with van der Waals surface area (Å²) in [6.07, 6.45) is 3.41. The summed E-state index contributed by atoms with van der Waals surface area (Å²) in [5.74, 6) is 0. The topological polar surface area (TPSA) is 51.8 Å². The van der Waals surface area contributed by atoms with E-state index >= 15 is 0 Å². The van der Waals surface area contributed by atoms with Gasteiger partial charge in [0.25, 0.3) is 0 Å². The smallest absolute Gasteiger partial charge is 0.123 e. The molecule has 0 spiro atoms. The standard InChI is InChI=1S/C8H13N3S/c1-8(3-4-8)7-11-10-6(12-7)2-5-9/h2-5,9H2,1H3. The van der Waals surface area contributed by atoms with Crippen molar-refractivity contribution < 1.29 is 0 Å². The largest absolute Gasteiger partial charge is 0.330 e. The van der Waals surface area contributed by atoms with E-state index in [1.807, 2.05) is 0 Å². The quantitative estimate of drug-likeness (QED) is 0.763. The van der Waals surface area contributed by atoms with E-state index < -0.39 is 0 Å². The van der Waals surface area contributed by atoms with Crippen molar-refractivity contribution in [1.82, 2.24) is 10.2 Å². The lowest BCUT2D eigenvalue weighted by Gasteiger charge is -1.98. The van der Waals surface area contributed by atoms with Gasteiger partial charge >= 0.3 is 0 Å². The molecule has 0 bridgehead atoms. The summed E-state index contributed by atoms with van der Waals surface area (Å²) in [6, 6.07) is 0. The Morgan fingerprint density at radius 3 is 2.83 bits per heavy atom. The minimum Gasteiger partial charge on any atom is -0.330 e. The van der Waals surface area contributed by atoms with Crippen molar-refractivity contribution in [3.8, 4) is 0 Å².